The molecule has 2 nitrogen and oxygen atoms in total. The number of rotatable bonds is 4. The summed E-state index contributed by atoms with van der Waals surface area (Å²) in [6, 6.07) is 6.61. The summed E-state index contributed by atoms with van der Waals surface area (Å²) in [5, 5.41) is 0. The van der Waals surface area contributed by atoms with Crippen LogP contribution >= 0.6 is 15.9 Å². The van der Waals surface area contributed by atoms with E-state index in [1.165, 1.54) is 24.8 Å². The molecule has 3 rings (SSSR count). The van der Waals surface area contributed by atoms with E-state index in [0.717, 1.165) is 34.4 Å². The van der Waals surface area contributed by atoms with Crippen molar-refractivity contribution in [2.45, 2.75) is 31.7 Å². The molecule has 2 N–H and O–H groups in total. The van der Waals surface area contributed by atoms with E-state index in [1.54, 1.807) is 7.11 Å². The van der Waals surface area contributed by atoms with Crippen LogP contribution in [0.15, 0.2) is 22.7 Å². The molecule has 2 aliphatic carbocycles. The molecule has 2 fully saturated rings. The average molecular weight is 310 g/mol. The zero-order valence-electron chi connectivity index (χ0n) is 10.7. The first-order valence-electron chi connectivity index (χ1n) is 6.78. The molecule has 3 atom stereocenters. The highest BCUT2D eigenvalue weighted by Crippen LogP contribution is 2.58. The largest absolute Gasteiger partial charge is 0.496 e. The van der Waals surface area contributed by atoms with Gasteiger partial charge in [-0.1, -0.05) is 12.5 Å². The van der Waals surface area contributed by atoms with Crippen molar-refractivity contribution in [2.75, 3.05) is 7.11 Å². The summed E-state index contributed by atoms with van der Waals surface area (Å²) in [7, 11) is 1.69. The summed E-state index contributed by atoms with van der Waals surface area (Å²) in [6.45, 7) is 0. The van der Waals surface area contributed by atoms with Crippen molar-refractivity contribution < 1.29 is 4.74 Å². The van der Waals surface area contributed by atoms with Gasteiger partial charge in [0.2, 0.25) is 0 Å². The fourth-order valence-electron chi connectivity index (χ4n) is 3.76. The van der Waals surface area contributed by atoms with Gasteiger partial charge in [-0.3, -0.25) is 0 Å². The third-order valence-electron chi connectivity index (χ3n) is 4.65. The second-order valence-corrected chi connectivity index (χ2v) is 6.53. The van der Waals surface area contributed by atoms with Crippen molar-refractivity contribution in [3.05, 3.63) is 28.2 Å². The Hall–Kier alpha value is -0.540. The third-order valence-corrected chi connectivity index (χ3v) is 5.27. The lowest BCUT2D eigenvalue weighted by molar-refractivity contribution is 0.411. The monoisotopic (exact) mass is 309 g/mol. The van der Waals surface area contributed by atoms with Crippen LogP contribution in [0.5, 0.6) is 5.75 Å². The summed E-state index contributed by atoms with van der Waals surface area (Å²) in [6.07, 6.45) is 5.23. The Morgan fingerprint density at radius 3 is 2.72 bits per heavy atom. The van der Waals surface area contributed by atoms with Gasteiger partial charge in [-0.2, -0.15) is 0 Å². The zero-order chi connectivity index (χ0) is 12.7. The smallest absolute Gasteiger partial charge is 0.133 e. The number of fused-ring (bicyclic) bond motifs is 1. The summed E-state index contributed by atoms with van der Waals surface area (Å²) in [4.78, 5) is 0. The Morgan fingerprint density at radius 2 is 2.11 bits per heavy atom. The maximum atomic E-state index is 6.38. The highest BCUT2D eigenvalue weighted by molar-refractivity contribution is 9.10. The van der Waals surface area contributed by atoms with Crippen LogP contribution in [0.25, 0.3) is 0 Å². The number of hydrogen-bond donors (Lipinski definition) is 1. The van der Waals surface area contributed by atoms with E-state index in [9.17, 15) is 0 Å². The molecule has 1 aromatic rings. The van der Waals surface area contributed by atoms with Crippen molar-refractivity contribution in [3.8, 4) is 5.75 Å². The van der Waals surface area contributed by atoms with Gasteiger partial charge in [-0.15, -0.1) is 0 Å². The van der Waals surface area contributed by atoms with Crippen LogP contribution in [0, 0.1) is 17.8 Å². The molecule has 0 aromatic heterocycles. The molecule has 0 spiro atoms. The Balaban J connectivity index is 1.64. The van der Waals surface area contributed by atoms with Gasteiger partial charge in [0.05, 0.1) is 11.6 Å². The summed E-state index contributed by atoms with van der Waals surface area (Å²) >= 11 is 3.53. The number of hydrogen-bond acceptors (Lipinski definition) is 2. The van der Waals surface area contributed by atoms with E-state index in [0.29, 0.717) is 6.04 Å². The first kappa shape index (κ1) is 12.5. The maximum absolute atomic E-state index is 6.38. The number of ether oxygens (including phenoxy) is 1. The molecule has 0 saturated heterocycles. The molecule has 0 aliphatic heterocycles. The molecule has 1 aromatic carbocycles. The van der Waals surface area contributed by atoms with Gasteiger partial charge < -0.3 is 10.5 Å². The fraction of sp³-hybridized carbons (Fsp3) is 0.600. The van der Waals surface area contributed by atoms with E-state index >= 15 is 0 Å². The van der Waals surface area contributed by atoms with Crippen LogP contribution in [0.3, 0.4) is 0 Å². The first-order chi connectivity index (χ1) is 8.70. The molecule has 3 unspecified atom stereocenters. The van der Waals surface area contributed by atoms with Crippen LogP contribution < -0.4 is 10.5 Å². The molecule has 98 valence electrons. The van der Waals surface area contributed by atoms with E-state index in [4.69, 9.17) is 10.5 Å². The van der Waals surface area contributed by atoms with Crippen molar-refractivity contribution >= 4 is 15.9 Å². The van der Waals surface area contributed by atoms with E-state index in [-0.39, 0.29) is 0 Å². The summed E-state index contributed by atoms with van der Waals surface area (Å²) in [5.41, 5.74) is 7.68. The van der Waals surface area contributed by atoms with Crippen LogP contribution in [-0.4, -0.2) is 13.2 Å². The Kier molecular flexibility index (Phi) is 3.37. The second kappa shape index (κ2) is 4.86. The number of methoxy groups -OCH3 is 1. The highest BCUT2D eigenvalue weighted by Gasteiger charge is 2.54. The van der Waals surface area contributed by atoms with Crippen LogP contribution in [0.4, 0.5) is 0 Å². The SMILES string of the molecule is COc1ccc(CC(N)C2C3CCCC32)cc1Br. The fourth-order valence-corrected chi connectivity index (χ4v) is 4.35. The zero-order valence-corrected chi connectivity index (χ0v) is 12.3. The Morgan fingerprint density at radius 1 is 1.39 bits per heavy atom. The van der Waals surface area contributed by atoms with Gasteiger partial charge in [0.25, 0.3) is 0 Å². The van der Waals surface area contributed by atoms with Gasteiger partial charge in [-0.25, -0.2) is 0 Å². The maximum Gasteiger partial charge on any atom is 0.133 e. The number of halogens is 1. The summed E-state index contributed by atoms with van der Waals surface area (Å²) < 4.78 is 6.27. The van der Waals surface area contributed by atoms with Gasteiger partial charge >= 0.3 is 0 Å². The lowest BCUT2D eigenvalue weighted by Gasteiger charge is -2.14. The Bertz CT molecular complexity index is 438. The quantitative estimate of drug-likeness (QED) is 0.925. The number of benzene rings is 1. The minimum atomic E-state index is 0.334. The normalized spacial score (nSPS) is 30.9. The third kappa shape index (κ3) is 2.19. The predicted octanol–water partition coefficient (Wildman–Crippen LogP) is 3.37. The minimum absolute atomic E-state index is 0.334. The van der Waals surface area contributed by atoms with Gasteiger partial charge in [-0.05, 0) is 70.6 Å². The van der Waals surface area contributed by atoms with Crippen molar-refractivity contribution in [1.82, 2.24) is 0 Å². The van der Waals surface area contributed by atoms with Gasteiger partial charge in [0.15, 0.2) is 0 Å². The van der Waals surface area contributed by atoms with Crippen molar-refractivity contribution in [1.29, 1.82) is 0 Å². The van der Waals surface area contributed by atoms with Gasteiger partial charge in [0, 0.05) is 6.04 Å². The van der Waals surface area contributed by atoms with E-state index in [1.807, 2.05) is 6.07 Å². The standard InChI is InChI=1S/C15H20BrNO/c1-18-14-6-5-9(7-12(14)16)8-13(17)15-10-3-2-4-11(10)15/h5-7,10-11,13,15H,2-4,8,17H2,1H3. The summed E-state index contributed by atoms with van der Waals surface area (Å²) in [5.74, 6) is 3.57. The average Bonchev–Trinajstić information content (AvgIpc) is 2.84. The van der Waals surface area contributed by atoms with Crippen LogP contribution in [0.2, 0.25) is 0 Å². The minimum Gasteiger partial charge on any atom is -0.496 e. The molecule has 2 aliphatic rings. The Labute approximate surface area is 117 Å². The topological polar surface area (TPSA) is 35.2 Å². The highest BCUT2D eigenvalue weighted by atomic mass is 79.9. The van der Waals surface area contributed by atoms with Gasteiger partial charge in [0.1, 0.15) is 5.75 Å². The van der Waals surface area contributed by atoms with Crippen molar-refractivity contribution in [2.24, 2.45) is 23.5 Å². The molecule has 0 bridgehead atoms. The molecule has 0 radical (unpaired) electrons. The van der Waals surface area contributed by atoms with Crippen LogP contribution in [-0.2, 0) is 6.42 Å². The number of nitrogens with two attached hydrogens (primary N) is 1. The van der Waals surface area contributed by atoms with Crippen LogP contribution in [0.1, 0.15) is 24.8 Å². The molecule has 3 heteroatoms. The lowest BCUT2D eigenvalue weighted by Crippen LogP contribution is -2.27. The molecular formula is C15H20BrNO. The molecule has 0 heterocycles. The lowest BCUT2D eigenvalue weighted by atomic mass is 9.98. The van der Waals surface area contributed by atoms with E-state index in [2.05, 4.69) is 28.1 Å². The predicted molar refractivity (Wildman–Crippen MR) is 76.7 cm³/mol. The second-order valence-electron chi connectivity index (χ2n) is 5.67. The molecular weight excluding hydrogens is 290 g/mol. The van der Waals surface area contributed by atoms with E-state index < -0.39 is 0 Å². The molecule has 18 heavy (non-hydrogen) atoms. The molecule has 2 saturated carbocycles. The first-order valence-corrected chi connectivity index (χ1v) is 7.58. The van der Waals surface area contributed by atoms with Crippen molar-refractivity contribution in [3.63, 3.8) is 0 Å². The molecule has 0 amide bonds.